The van der Waals surface area contributed by atoms with Gasteiger partial charge >= 0.3 is 6.18 Å². The molecular formula is C39H51F3N8O5. The number of hydrogen-bond acceptors (Lipinski definition) is 11. The first kappa shape index (κ1) is 40.3. The number of carbonyl (C=O) groups excluding carboxylic acids is 1. The van der Waals surface area contributed by atoms with Crippen LogP contribution >= 0.6 is 0 Å². The Morgan fingerprint density at radius 1 is 0.800 bits per heavy atom. The fraction of sp³-hybridized carbons (Fsp3) is 0.564. The molecule has 0 bridgehead atoms. The van der Waals surface area contributed by atoms with E-state index >= 15 is 0 Å². The number of rotatable bonds is 9. The Hall–Kier alpha value is -4.38. The molecule has 0 spiro atoms. The third-order valence-corrected chi connectivity index (χ3v) is 10.6. The molecule has 2 fully saturated rings. The molecule has 55 heavy (non-hydrogen) atoms. The number of halogens is 3. The number of carbonyl (C=O) groups is 1. The van der Waals surface area contributed by atoms with Crippen LogP contribution < -0.4 is 4.74 Å². The summed E-state index contributed by atoms with van der Waals surface area (Å²) < 4.78 is 53.5. The van der Waals surface area contributed by atoms with Gasteiger partial charge in [-0.1, -0.05) is 38.1 Å². The number of aldehydes is 1. The van der Waals surface area contributed by atoms with E-state index in [2.05, 4.69) is 68.1 Å². The number of phenolic OH excluding ortho intramolecular Hbond substituents is 1. The Morgan fingerprint density at radius 2 is 1.29 bits per heavy atom. The van der Waals surface area contributed by atoms with Gasteiger partial charge in [-0.15, -0.1) is 0 Å². The van der Waals surface area contributed by atoms with E-state index < -0.39 is 12.5 Å². The van der Waals surface area contributed by atoms with Gasteiger partial charge in [0.25, 0.3) is 0 Å². The van der Waals surface area contributed by atoms with Crippen molar-refractivity contribution < 1.29 is 37.3 Å². The molecule has 13 nitrogen and oxygen atoms in total. The molecule has 8 rings (SSSR count). The summed E-state index contributed by atoms with van der Waals surface area (Å²) in [4.78, 5) is 21.9. The predicted molar refractivity (Wildman–Crippen MR) is 197 cm³/mol. The van der Waals surface area contributed by atoms with Crippen molar-refractivity contribution in [2.45, 2.75) is 108 Å². The molecule has 2 aliphatic carbocycles. The van der Waals surface area contributed by atoms with Gasteiger partial charge in [0.2, 0.25) is 6.29 Å². The monoisotopic (exact) mass is 768 g/mol. The first-order chi connectivity index (χ1) is 26.6. The van der Waals surface area contributed by atoms with Crippen LogP contribution in [0, 0.1) is 0 Å². The van der Waals surface area contributed by atoms with Crippen LogP contribution in [0.25, 0.3) is 0 Å². The number of hydrogen-bond donors (Lipinski definition) is 1. The van der Waals surface area contributed by atoms with Crippen molar-refractivity contribution in [1.82, 2.24) is 39.3 Å². The lowest BCUT2D eigenvalue weighted by Crippen LogP contribution is -2.58. The largest absolute Gasteiger partial charge is 0.508 e. The average Bonchev–Trinajstić information content (AvgIpc) is 3.89. The van der Waals surface area contributed by atoms with Gasteiger partial charge in [0.1, 0.15) is 36.8 Å². The number of nitrogens with zero attached hydrogens (tertiary/aromatic N) is 8. The number of morpholine rings is 2. The highest BCUT2D eigenvalue weighted by atomic mass is 19.4. The van der Waals surface area contributed by atoms with Crippen molar-refractivity contribution in [3.05, 3.63) is 84.0 Å². The normalized spacial score (nSPS) is 24.8. The zero-order valence-electron chi connectivity index (χ0n) is 31.6. The SMILES string of the molecule is CCCN1C[C@H](Cn2cncn2)O[C@@H]2Cc3c(O)cccc3C[C@H]21.CCCN1C[C@H](Cn2cncn2)O[C@@H]2Cc3c(cccc3OC)C[C@H]21.O=CC(F)(F)F. The maximum atomic E-state index is 10.4. The van der Waals surface area contributed by atoms with Crippen LogP contribution in [0.1, 0.15) is 48.9 Å². The lowest BCUT2D eigenvalue weighted by atomic mass is 9.83. The van der Waals surface area contributed by atoms with Crippen LogP contribution in [0.5, 0.6) is 11.5 Å². The van der Waals surface area contributed by atoms with Gasteiger partial charge in [-0.3, -0.25) is 24.0 Å². The second-order valence-corrected chi connectivity index (χ2v) is 14.4. The summed E-state index contributed by atoms with van der Waals surface area (Å²) in [5, 5.41) is 18.6. The summed E-state index contributed by atoms with van der Waals surface area (Å²) in [7, 11) is 1.75. The van der Waals surface area contributed by atoms with Crippen LogP contribution in [-0.2, 0) is 53.0 Å². The number of methoxy groups -OCH3 is 1. The first-order valence-electron chi connectivity index (χ1n) is 19.0. The Labute approximate surface area is 319 Å². The van der Waals surface area contributed by atoms with Crippen LogP contribution in [0.15, 0.2) is 61.7 Å². The average molecular weight is 769 g/mol. The molecule has 16 heteroatoms. The minimum atomic E-state index is -4.64. The third kappa shape index (κ3) is 10.3. The lowest BCUT2D eigenvalue weighted by molar-refractivity contribution is -0.156. The second-order valence-electron chi connectivity index (χ2n) is 14.4. The van der Waals surface area contributed by atoms with Crippen molar-refractivity contribution >= 4 is 6.29 Å². The maximum Gasteiger partial charge on any atom is 0.446 e. The molecule has 298 valence electrons. The summed E-state index contributed by atoms with van der Waals surface area (Å²) in [6.07, 6.45) is 7.48. The molecule has 6 atom stereocenters. The van der Waals surface area contributed by atoms with Crippen LogP contribution in [0.4, 0.5) is 13.2 Å². The molecule has 2 saturated heterocycles. The van der Waals surface area contributed by atoms with Crippen LogP contribution in [-0.4, -0.2) is 127 Å². The summed E-state index contributed by atoms with van der Waals surface area (Å²) in [5.41, 5.74) is 5.02. The zero-order valence-corrected chi connectivity index (χ0v) is 31.6. The van der Waals surface area contributed by atoms with E-state index in [1.165, 1.54) is 16.7 Å². The summed E-state index contributed by atoms with van der Waals surface area (Å²) in [5.74, 6) is 1.38. The number of aromatic nitrogens is 6. The summed E-state index contributed by atoms with van der Waals surface area (Å²) in [6.45, 7) is 10.00. The maximum absolute atomic E-state index is 10.4. The molecule has 2 aromatic carbocycles. The first-order valence-corrected chi connectivity index (χ1v) is 19.0. The van der Waals surface area contributed by atoms with Crippen LogP contribution in [0.2, 0.25) is 0 Å². The molecule has 2 aliphatic heterocycles. The Bertz CT molecular complexity index is 1790. The molecule has 0 saturated carbocycles. The van der Waals surface area contributed by atoms with Crippen molar-refractivity contribution in [1.29, 1.82) is 0 Å². The number of aromatic hydroxyl groups is 1. The standard InChI is InChI=1S/C19H26N4O2.C18H24N4O2.C2HF3O/c1-3-7-22-10-15(11-23-13-20-12-21-23)25-19-9-16-14(8-17(19)22)5-4-6-18(16)24-2;1-2-6-21-9-14(10-22-12-19-11-20-22)24-18-8-15-13(7-16(18)21)4-3-5-17(15)23;3-2(4,5)1-6/h4-6,12-13,15,17,19H,3,7-11H2,1-2H3;3-5,11-12,14,16,18,23H,2,6-10H2,1H3;1H/t15-,17-,19-;14-,16-,18-;/m11./s1. The van der Waals surface area contributed by atoms with Gasteiger partial charge in [0.15, 0.2) is 0 Å². The molecule has 2 aromatic heterocycles. The molecule has 4 heterocycles. The number of benzene rings is 2. The Kier molecular flexibility index (Phi) is 13.6. The van der Waals surface area contributed by atoms with Crippen molar-refractivity contribution in [3.8, 4) is 11.5 Å². The topological polar surface area (TPSA) is 133 Å². The van der Waals surface area contributed by atoms with E-state index in [-0.39, 0.29) is 24.4 Å². The zero-order chi connectivity index (χ0) is 39.0. The van der Waals surface area contributed by atoms with Crippen LogP contribution in [0.3, 0.4) is 0 Å². The third-order valence-electron chi connectivity index (χ3n) is 10.6. The fourth-order valence-corrected chi connectivity index (χ4v) is 8.40. The number of fused-ring (bicyclic) bond motifs is 4. The van der Waals surface area contributed by atoms with E-state index in [1.807, 2.05) is 15.4 Å². The highest BCUT2D eigenvalue weighted by Gasteiger charge is 2.42. The molecule has 0 amide bonds. The highest BCUT2D eigenvalue weighted by Crippen LogP contribution is 2.37. The minimum absolute atomic E-state index is 0.104. The van der Waals surface area contributed by atoms with Gasteiger partial charge < -0.3 is 19.3 Å². The summed E-state index contributed by atoms with van der Waals surface area (Å²) in [6, 6.07) is 13.1. The number of phenols is 1. The lowest BCUT2D eigenvalue weighted by Gasteiger charge is -2.47. The van der Waals surface area contributed by atoms with Crippen molar-refractivity contribution in [3.63, 3.8) is 0 Å². The van der Waals surface area contributed by atoms with E-state index in [0.29, 0.717) is 17.8 Å². The minimum Gasteiger partial charge on any atom is -0.508 e. The van der Waals surface area contributed by atoms with Crippen molar-refractivity contribution in [2.24, 2.45) is 0 Å². The smallest absolute Gasteiger partial charge is 0.446 e. The van der Waals surface area contributed by atoms with E-state index in [1.54, 1.807) is 38.5 Å². The number of alkyl halides is 3. The van der Waals surface area contributed by atoms with E-state index in [0.717, 1.165) is 89.1 Å². The molecule has 4 aromatic rings. The molecule has 0 unspecified atom stereocenters. The molecule has 1 N–H and O–H groups in total. The highest BCUT2D eigenvalue weighted by molar-refractivity contribution is 5.56. The quantitative estimate of drug-likeness (QED) is 0.245. The fourth-order valence-electron chi connectivity index (χ4n) is 8.40. The molecule has 0 radical (unpaired) electrons. The van der Waals surface area contributed by atoms with Gasteiger partial charge in [-0.2, -0.15) is 23.4 Å². The summed E-state index contributed by atoms with van der Waals surface area (Å²) >= 11 is 0. The van der Waals surface area contributed by atoms with E-state index in [4.69, 9.17) is 19.0 Å². The number of ether oxygens (including phenoxy) is 3. The molecular weight excluding hydrogens is 717 g/mol. The Balaban J connectivity index is 0.000000163. The second kappa shape index (κ2) is 18.5. The van der Waals surface area contributed by atoms with Gasteiger partial charge in [0.05, 0.1) is 44.6 Å². The van der Waals surface area contributed by atoms with E-state index in [9.17, 15) is 18.3 Å². The Morgan fingerprint density at radius 3 is 1.75 bits per heavy atom. The van der Waals surface area contributed by atoms with Gasteiger partial charge in [-0.05, 0) is 73.2 Å². The van der Waals surface area contributed by atoms with Crippen molar-refractivity contribution in [2.75, 3.05) is 33.3 Å². The van der Waals surface area contributed by atoms with Gasteiger partial charge in [-0.25, -0.2) is 9.97 Å². The predicted octanol–water partition coefficient (Wildman–Crippen LogP) is 4.31. The van der Waals surface area contributed by atoms with Gasteiger partial charge in [0, 0.05) is 38.0 Å². The molecule has 4 aliphatic rings.